The van der Waals surface area contributed by atoms with Gasteiger partial charge in [0.1, 0.15) is 0 Å². The molecule has 0 aliphatic carbocycles. The van der Waals surface area contributed by atoms with Crippen molar-refractivity contribution < 1.29 is 0 Å². The second-order valence-corrected chi connectivity index (χ2v) is 4.66. The molecule has 0 fully saturated rings. The molecule has 0 aliphatic heterocycles. The minimum absolute atomic E-state index is 0.621. The molecule has 0 atom stereocenters. The molecule has 2 aromatic carbocycles. The van der Waals surface area contributed by atoms with Crippen LogP contribution in [0.25, 0.3) is 17.1 Å². The summed E-state index contributed by atoms with van der Waals surface area (Å²) in [6, 6.07) is 17.6. The Morgan fingerprint density at radius 2 is 1.78 bits per heavy atom. The summed E-state index contributed by atoms with van der Waals surface area (Å²) in [4.78, 5) is 1.52. The molecule has 88 valence electrons. The first kappa shape index (κ1) is 11.1. The molecule has 0 amide bonds. The Morgan fingerprint density at radius 1 is 0.944 bits per heavy atom. The molecule has 1 aromatic heterocycles. The molecule has 5 heteroatoms. The third kappa shape index (κ3) is 2.17. The Kier molecular flexibility index (Phi) is 2.90. The molecular weight excluding hydrogens is 292 g/mol. The number of tetrazole rings is 1. The van der Waals surface area contributed by atoms with Crippen LogP contribution in [-0.4, -0.2) is 20.2 Å². The quantitative estimate of drug-likeness (QED) is 0.730. The highest BCUT2D eigenvalue weighted by Crippen LogP contribution is 2.16. The summed E-state index contributed by atoms with van der Waals surface area (Å²) < 4.78 is 0.985. The highest BCUT2D eigenvalue weighted by atomic mass is 79.9. The zero-order chi connectivity index (χ0) is 12.4. The maximum atomic E-state index is 4.37. The average Bonchev–Trinajstić information content (AvgIpc) is 2.89. The minimum atomic E-state index is 0.621. The van der Waals surface area contributed by atoms with E-state index in [9.17, 15) is 0 Å². The van der Waals surface area contributed by atoms with Crippen LogP contribution in [0.1, 0.15) is 0 Å². The number of aromatic nitrogens is 4. The second-order valence-electron chi connectivity index (χ2n) is 3.75. The maximum Gasteiger partial charge on any atom is 0.205 e. The van der Waals surface area contributed by atoms with E-state index in [2.05, 4.69) is 31.3 Å². The van der Waals surface area contributed by atoms with Crippen molar-refractivity contribution >= 4 is 15.9 Å². The number of hydrogen-bond donors (Lipinski definition) is 0. The van der Waals surface area contributed by atoms with Gasteiger partial charge in [-0.05, 0) is 23.4 Å². The minimum Gasteiger partial charge on any atom is -0.130 e. The first-order valence-corrected chi connectivity index (χ1v) is 6.23. The number of hydrogen-bond acceptors (Lipinski definition) is 3. The molecule has 0 saturated carbocycles. The summed E-state index contributed by atoms with van der Waals surface area (Å²) in [5.74, 6) is 0.621. The molecule has 3 rings (SSSR count). The van der Waals surface area contributed by atoms with Gasteiger partial charge in [0.15, 0.2) is 0 Å². The van der Waals surface area contributed by atoms with E-state index < -0.39 is 0 Å². The van der Waals surface area contributed by atoms with Crippen molar-refractivity contribution in [2.24, 2.45) is 0 Å². The van der Waals surface area contributed by atoms with Crippen molar-refractivity contribution in [1.82, 2.24) is 20.2 Å². The lowest BCUT2D eigenvalue weighted by atomic mass is 10.2. The Balaban J connectivity index is 2.00. The number of nitrogens with zero attached hydrogens (tertiary/aromatic N) is 4. The van der Waals surface area contributed by atoms with Crippen molar-refractivity contribution in [2.45, 2.75) is 0 Å². The van der Waals surface area contributed by atoms with Gasteiger partial charge in [0.25, 0.3) is 0 Å². The number of rotatable bonds is 2. The molecule has 18 heavy (non-hydrogen) atoms. The summed E-state index contributed by atoms with van der Waals surface area (Å²) in [5, 5.41) is 12.5. The lowest BCUT2D eigenvalue weighted by molar-refractivity contribution is 0.719. The van der Waals surface area contributed by atoms with E-state index >= 15 is 0 Å². The monoisotopic (exact) mass is 300 g/mol. The van der Waals surface area contributed by atoms with Gasteiger partial charge in [-0.25, -0.2) is 0 Å². The lowest BCUT2D eigenvalue weighted by Crippen LogP contribution is -1.98. The van der Waals surface area contributed by atoms with Crippen LogP contribution in [0, 0.1) is 0 Å². The zero-order valence-corrected chi connectivity index (χ0v) is 10.9. The summed E-state index contributed by atoms with van der Waals surface area (Å²) in [7, 11) is 0. The predicted molar refractivity (Wildman–Crippen MR) is 72.3 cm³/mol. The molecule has 0 spiro atoms. The highest BCUT2D eigenvalue weighted by Gasteiger charge is 2.06. The Labute approximate surface area is 112 Å². The summed E-state index contributed by atoms with van der Waals surface area (Å²) >= 11 is 3.42. The fourth-order valence-electron chi connectivity index (χ4n) is 1.63. The van der Waals surface area contributed by atoms with Crippen LogP contribution < -0.4 is 0 Å². The molecule has 3 aromatic rings. The lowest BCUT2D eigenvalue weighted by Gasteiger charge is -1.98. The smallest absolute Gasteiger partial charge is 0.130 e. The standard InChI is InChI=1S/C13H9BrN4/c14-11-7-4-8-12(9-11)18-16-13(15-17-18)10-5-2-1-3-6-10/h1-9H. The fourth-order valence-corrected chi connectivity index (χ4v) is 2.01. The summed E-state index contributed by atoms with van der Waals surface area (Å²) in [6.45, 7) is 0. The first-order chi connectivity index (χ1) is 8.83. The van der Waals surface area contributed by atoms with Crippen molar-refractivity contribution in [1.29, 1.82) is 0 Å². The van der Waals surface area contributed by atoms with Crippen LogP contribution in [0.4, 0.5) is 0 Å². The third-order valence-corrected chi connectivity index (χ3v) is 2.98. The van der Waals surface area contributed by atoms with Crippen LogP contribution in [0.5, 0.6) is 0 Å². The normalized spacial score (nSPS) is 10.5. The molecule has 1 heterocycles. The van der Waals surface area contributed by atoms with Gasteiger partial charge in [-0.2, -0.15) is 0 Å². The molecule has 0 aliphatic rings. The van der Waals surface area contributed by atoms with E-state index in [0.717, 1.165) is 15.7 Å². The molecule has 0 saturated heterocycles. The Morgan fingerprint density at radius 3 is 2.56 bits per heavy atom. The summed E-state index contributed by atoms with van der Waals surface area (Å²) in [5.41, 5.74) is 1.83. The maximum absolute atomic E-state index is 4.37. The van der Waals surface area contributed by atoms with Crippen molar-refractivity contribution in [3.63, 3.8) is 0 Å². The van der Waals surface area contributed by atoms with Gasteiger partial charge in [-0.3, -0.25) is 0 Å². The van der Waals surface area contributed by atoms with Gasteiger partial charge in [0.05, 0.1) is 5.69 Å². The van der Waals surface area contributed by atoms with E-state index in [-0.39, 0.29) is 0 Å². The van der Waals surface area contributed by atoms with Crippen molar-refractivity contribution in [3.8, 4) is 17.1 Å². The molecule has 0 radical (unpaired) electrons. The van der Waals surface area contributed by atoms with Crippen LogP contribution in [0.2, 0.25) is 0 Å². The van der Waals surface area contributed by atoms with E-state index in [1.54, 1.807) is 0 Å². The predicted octanol–water partition coefficient (Wildman–Crippen LogP) is 3.09. The number of benzene rings is 2. The van der Waals surface area contributed by atoms with Crippen molar-refractivity contribution in [2.75, 3.05) is 0 Å². The van der Waals surface area contributed by atoms with Crippen molar-refractivity contribution in [3.05, 3.63) is 59.1 Å². The van der Waals surface area contributed by atoms with Crippen LogP contribution in [0.3, 0.4) is 0 Å². The van der Waals surface area contributed by atoms with E-state index in [1.165, 1.54) is 4.80 Å². The molecule has 0 bridgehead atoms. The second kappa shape index (κ2) is 4.70. The highest BCUT2D eigenvalue weighted by molar-refractivity contribution is 9.10. The van der Waals surface area contributed by atoms with Gasteiger partial charge in [0, 0.05) is 10.0 Å². The Hall–Kier alpha value is -2.01. The third-order valence-electron chi connectivity index (χ3n) is 2.48. The van der Waals surface area contributed by atoms with E-state index in [1.807, 2.05) is 54.6 Å². The van der Waals surface area contributed by atoms with Gasteiger partial charge in [-0.15, -0.1) is 15.0 Å². The van der Waals surface area contributed by atoms with Crippen LogP contribution >= 0.6 is 15.9 Å². The first-order valence-electron chi connectivity index (χ1n) is 5.44. The van der Waals surface area contributed by atoms with Crippen LogP contribution in [-0.2, 0) is 0 Å². The molecule has 0 N–H and O–H groups in total. The Bertz CT molecular complexity index is 664. The number of halogens is 1. The van der Waals surface area contributed by atoms with Gasteiger partial charge in [0.2, 0.25) is 5.82 Å². The molecule has 0 unspecified atom stereocenters. The molecule has 4 nitrogen and oxygen atoms in total. The zero-order valence-electron chi connectivity index (χ0n) is 9.36. The SMILES string of the molecule is Brc1cccc(-n2nnc(-c3ccccc3)n2)c1. The fraction of sp³-hybridized carbons (Fsp3) is 0. The van der Waals surface area contributed by atoms with Gasteiger partial charge >= 0.3 is 0 Å². The topological polar surface area (TPSA) is 43.6 Å². The average molecular weight is 301 g/mol. The molecular formula is C13H9BrN4. The summed E-state index contributed by atoms with van der Waals surface area (Å²) in [6.07, 6.45) is 0. The van der Waals surface area contributed by atoms with Gasteiger partial charge < -0.3 is 0 Å². The largest absolute Gasteiger partial charge is 0.205 e. The van der Waals surface area contributed by atoms with Crippen LogP contribution in [0.15, 0.2) is 59.1 Å². The van der Waals surface area contributed by atoms with E-state index in [4.69, 9.17) is 0 Å². The van der Waals surface area contributed by atoms with E-state index in [0.29, 0.717) is 5.82 Å². The van der Waals surface area contributed by atoms with Gasteiger partial charge in [-0.1, -0.05) is 52.3 Å².